The number of rotatable bonds is 9. The third-order valence-electron chi connectivity index (χ3n) is 7.04. The average molecular weight is 460 g/mol. The quantitative estimate of drug-likeness (QED) is 0.482. The van der Waals surface area contributed by atoms with Crippen molar-refractivity contribution in [2.24, 2.45) is 11.7 Å². The number of benzene rings is 2. The van der Waals surface area contributed by atoms with E-state index < -0.39 is 6.10 Å². The Hall–Kier alpha value is -2.96. The van der Waals surface area contributed by atoms with E-state index in [4.69, 9.17) is 15.2 Å². The summed E-state index contributed by atoms with van der Waals surface area (Å²) in [5, 5.41) is 10.3. The summed E-state index contributed by atoms with van der Waals surface area (Å²) in [4.78, 5) is 8.70. The Morgan fingerprint density at radius 2 is 1.59 bits per heavy atom. The van der Waals surface area contributed by atoms with E-state index in [0.29, 0.717) is 18.3 Å². The number of aliphatic hydroxyl groups excluding tert-OH is 1. The van der Waals surface area contributed by atoms with Gasteiger partial charge in [-0.15, -0.1) is 0 Å². The SMILES string of the molecule is CC(C)(c1ccc(OCc2ccnc(C(O)C3CC3)n2)cc1)c1ccc(O[C@H]2C[C@H](N)C2)cc1. The van der Waals surface area contributed by atoms with Crippen LogP contribution >= 0.6 is 0 Å². The molecule has 2 fully saturated rings. The highest BCUT2D eigenvalue weighted by molar-refractivity contribution is 5.42. The second kappa shape index (κ2) is 9.35. The van der Waals surface area contributed by atoms with Gasteiger partial charge in [0.2, 0.25) is 0 Å². The fourth-order valence-electron chi connectivity index (χ4n) is 4.40. The van der Waals surface area contributed by atoms with Crippen LogP contribution in [-0.2, 0) is 12.0 Å². The number of aromatic nitrogens is 2. The molecule has 34 heavy (non-hydrogen) atoms. The van der Waals surface area contributed by atoms with Crippen LogP contribution in [0.1, 0.15) is 68.3 Å². The lowest BCUT2D eigenvalue weighted by Gasteiger charge is -2.33. The Labute approximate surface area is 201 Å². The number of hydrogen-bond donors (Lipinski definition) is 2. The zero-order valence-corrected chi connectivity index (χ0v) is 19.9. The molecule has 6 nitrogen and oxygen atoms in total. The monoisotopic (exact) mass is 459 g/mol. The van der Waals surface area contributed by atoms with E-state index in [2.05, 4.69) is 60.2 Å². The highest BCUT2D eigenvalue weighted by Gasteiger charge is 2.32. The molecular weight excluding hydrogens is 426 g/mol. The van der Waals surface area contributed by atoms with E-state index in [1.54, 1.807) is 6.20 Å². The minimum absolute atomic E-state index is 0.156. The maximum Gasteiger partial charge on any atom is 0.157 e. The lowest BCUT2D eigenvalue weighted by molar-refractivity contribution is 0.101. The molecule has 0 aliphatic heterocycles. The number of nitrogens with zero attached hydrogens (tertiary/aromatic N) is 2. The van der Waals surface area contributed by atoms with Gasteiger partial charge in [0.05, 0.1) is 5.69 Å². The van der Waals surface area contributed by atoms with Gasteiger partial charge in [-0.25, -0.2) is 9.97 Å². The fraction of sp³-hybridized carbons (Fsp3) is 0.429. The lowest BCUT2D eigenvalue weighted by atomic mass is 9.78. The third kappa shape index (κ3) is 5.08. The molecular formula is C28H33N3O3. The smallest absolute Gasteiger partial charge is 0.157 e. The van der Waals surface area contributed by atoms with Crippen molar-refractivity contribution in [1.82, 2.24) is 9.97 Å². The summed E-state index contributed by atoms with van der Waals surface area (Å²) >= 11 is 0. The first-order chi connectivity index (χ1) is 16.4. The van der Waals surface area contributed by atoms with Crippen molar-refractivity contribution in [2.75, 3.05) is 0 Å². The molecule has 3 N–H and O–H groups in total. The number of aliphatic hydroxyl groups is 1. The Bertz CT molecular complexity index is 1100. The molecule has 0 spiro atoms. The van der Waals surface area contributed by atoms with Gasteiger partial charge in [-0.3, -0.25) is 0 Å². The van der Waals surface area contributed by atoms with E-state index in [0.717, 1.165) is 42.9 Å². The first-order valence-electron chi connectivity index (χ1n) is 12.1. The molecule has 1 atom stereocenters. The van der Waals surface area contributed by atoms with Gasteiger partial charge in [0.15, 0.2) is 5.82 Å². The van der Waals surface area contributed by atoms with Gasteiger partial charge in [-0.05, 0) is 73.1 Å². The predicted octanol–water partition coefficient (Wildman–Crippen LogP) is 4.69. The summed E-state index contributed by atoms with van der Waals surface area (Å²) in [5.41, 5.74) is 8.89. The largest absolute Gasteiger partial charge is 0.490 e. The Morgan fingerprint density at radius 3 is 2.18 bits per heavy atom. The molecule has 178 valence electrons. The van der Waals surface area contributed by atoms with Gasteiger partial charge in [0.25, 0.3) is 0 Å². The number of nitrogens with two attached hydrogens (primary N) is 1. The van der Waals surface area contributed by atoms with Gasteiger partial charge in [-0.1, -0.05) is 38.1 Å². The molecule has 1 unspecified atom stereocenters. The molecule has 0 bridgehead atoms. The summed E-state index contributed by atoms with van der Waals surface area (Å²) in [6, 6.07) is 18.7. The zero-order chi connectivity index (χ0) is 23.7. The highest BCUT2D eigenvalue weighted by atomic mass is 16.5. The molecule has 2 aliphatic rings. The molecule has 1 aromatic heterocycles. The van der Waals surface area contributed by atoms with Crippen LogP contribution < -0.4 is 15.2 Å². The van der Waals surface area contributed by atoms with E-state index in [1.165, 1.54) is 11.1 Å². The molecule has 6 heteroatoms. The summed E-state index contributed by atoms with van der Waals surface area (Å²) in [7, 11) is 0. The van der Waals surface area contributed by atoms with Crippen LogP contribution in [0.25, 0.3) is 0 Å². The fourth-order valence-corrected chi connectivity index (χ4v) is 4.40. The van der Waals surface area contributed by atoms with Crippen LogP contribution in [0.15, 0.2) is 60.8 Å². The van der Waals surface area contributed by atoms with Crippen LogP contribution in [0, 0.1) is 5.92 Å². The van der Waals surface area contributed by atoms with Crippen molar-refractivity contribution in [2.45, 2.75) is 69.8 Å². The van der Waals surface area contributed by atoms with Crippen molar-refractivity contribution in [3.05, 3.63) is 83.4 Å². The summed E-state index contributed by atoms with van der Waals surface area (Å²) in [6.45, 7) is 4.78. The molecule has 3 aromatic rings. The van der Waals surface area contributed by atoms with Crippen molar-refractivity contribution in [1.29, 1.82) is 0 Å². The standard InChI is InChI=1S/C28H33N3O3/c1-28(2,20-7-11-24(12-8-20)34-25-15-21(29)16-25)19-5-9-23(10-6-19)33-17-22-13-14-30-27(31-22)26(32)18-3-4-18/h5-14,18,21,25-26,32H,3-4,15-17,29H2,1-2H3/t21-,25-,26?. The lowest BCUT2D eigenvalue weighted by Crippen LogP contribution is -2.43. The summed E-state index contributed by atoms with van der Waals surface area (Å²) in [6.07, 6.45) is 5.32. The second-order valence-electron chi connectivity index (χ2n) is 10.1. The molecule has 5 rings (SSSR count). The van der Waals surface area contributed by atoms with Gasteiger partial charge in [0, 0.05) is 17.7 Å². The number of hydrogen-bond acceptors (Lipinski definition) is 6. The van der Waals surface area contributed by atoms with Gasteiger partial charge in [0.1, 0.15) is 30.3 Å². The normalized spacial score (nSPS) is 20.9. The van der Waals surface area contributed by atoms with Crippen molar-refractivity contribution < 1.29 is 14.6 Å². The first-order valence-corrected chi connectivity index (χ1v) is 12.1. The van der Waals surface area contributed by atoms with Gasteiger partial charge >= 0.3 is 0 Å². The van der Waals surface area contributed by atoms with Crippen molar-refractivity contribution >= 4 is 0 Å². The number of ether oxygens (including phenoxy) is 2. The molecule has 1 heterocycles. The Morgan fingerprint density at radius 1 is 0.971 bits per heavy atom. The molecule has 0 saturated heterocycles. The Kier molecular flexibility index (Phi) is 6.28. The van der Waals surface area contributed by atoms with Crippen LogP contribution in [0.4, 0.5) is 0 Å². The minimum Gasteiger partial charge on any atom is -0.490 e. The van der Waals surface area contributed by atoms with Crippen LogP contribution in [0.5, 0.6) is 11.5 Å². The van der Waals surface area contributed by atoms with E-state index in [-0.39, 0.29) is 17.6 Å². The van der Waals surface area contributed by atoms with E-state index >= 15 is 0 Å². The van der Waals surface area contributed by atoms with Crippen LogP contribution in [0.3, 0.4) is 0 Å². The predicted molar refractivity (Wildman–Crippen MR) is 131 cm³/mol. The maximum absolute atomic E-state index is 10.3. The third-order valence-corrected chi connectivity index (χ3v) is 7.04. The average Bonchev–Trinajstić information content (AvgIpc) is 3.68. The van der Waals surface area contributed by atoms with E-state index in [1.807, 2.05) is 18.2 Å². The van der Waals surface area contributed by atoms with Crippen LogP contribution in [-0.4, -0.2) is 27.2 Å². The minimum atomic E-state index is -0.571. The van der Waals surface area contributed by atoms with Crippen molar-refractivity contribution in [3.63, 3.8) is 0 Å². The molecule has 2 saturated carbocycles. The van der Waals surface area contributed by atoms with Gasteiger partial charge in [-0.2, -0.15) is 0 Å². The molecule has 0 amide bonds. The maximum atomic E-state index is 10.3. The topological polar surface area (TPSA) is 90.5 Å². The molecule has 2 aromatic carbocycles. The van der Waals surface area contributed by atoms with Crippen LogP contribution in [0.2, 0.25) is 0 Å². The van der Waals surface area contributed by atoms with Crippen molar-refractivity contribution in [3.8, 4) is 11.5 Å². The molecule has 2 aliphatic carbocycles. The summed E-state index contributed by atoms with van der Waals surface area (Å²) < 4.78 is 11.9. The van der Waals surface area contributed by atoms with Gasteiger partial charge < -0.3 is 20.3 Å². The highest BCUT2D eigenvalue weighted by Crippen LogP contribution is 2.39. The van der Waals surface area contributed by atoms with E-state index in [9.17, 15) is 5.11 Å². The second-order valence-corrected chi connectivity index (χ2v) is 10.1. The first kappa shape index (κ1) is 22.8. The zero-order valence-electron chi connectivity index (χ0n) is 19.9. The Balaban J connectivity index is 1.20. The summed E-state index contributed by atoms with van der Waals surface area (Å²) in [5.74, 6) is 2.48. The molecule has 0 radical (unpaired) electrons.